The standard InChI is InChI=1S/C13H26N2O/c1-5-8-10(4)15-12(9-6-2)14-11(7-3)13(15)16/h10-12,14H,5-9H2,1-4H3. The summed E-state index contributed by atoms with van der Waals surface area (Å²) in [7, 11) is 0. The molecule has 0 aromatic carbocycles. The first-order valence-electron chi connectivity index (χ1n) is 6.73. The maximum absolute atomic E-state index is 12.2. The van der Waals surface area contributed by atoms with E-state index in [1.54, 1.807) is 0 Å². The SMILES string of the molecule is CCCC(C)N1C(=O)C(CC)NC1CCC. The Balaban J connectivity index is 2.71. The molecular weight excluding hydrogens is 200 g/mol. The average molecular weight is 226 g/mol. The van der Waals surface area contributed by atoms with Crippen LogP contribution < -0.4 is 5.32 Å². The van der Waals surface area contributed by atoms with Gasteiger partial charge in [-0.05, 0) is 26.2 Å². The van der Waals surface area contributed by atoms with Crippen molar-refractivity contribution < 1.29 is 4.79 Å². The van der Waals surface area contributed by atoms with Crippen molar-refractivity contribution in [2.75, 3.05) is 0 Å². The second kappa shape index (κ2) is 6.24. The highest BCUT2D eigenvalue weighted by molar-refractivity contribution is 5.84. The molecule has 16 heavy (non-hydrogen) atoms. The zero-order valence-corrected chi connectivity index (χ0v) is 11.1. The summed E-state index contributed by atoms with van der Waals surface area (Å²) in [5.41, 5.74) is 0. The molecule has 1 aliphatic heterocycles. The van der Waals surface area contributed by atoms with Crippen LogP contribution in [0, 0.1) is 0 Å². The Bertz CT molecular complexity index is 230. The van der Waals surface area contributed by atoms with E-state index in [4.69, 9.17) is 0 Å². The minimum atomic E-state index is 0.0517. The summed E-state index contributed by atoms with van der Waals surface area (Å²) in [5.74, 6) is 0.307. The molecule has 0 aromatic heterocycles. The Morgan fingerprint density at radius 3 is 2.50 bits per heavy atom. The molecule has 0 bridgehead atoms. The molecule has 0 aromatic rings. The lowest BCUT2D eigenvalue weighted by Crippen LogP contribution is -2.43. The number of nitrogens with one attached hydrogen (secondary N) is 1. The zero-order chi connectivity index (χ0) is 12.1. The van der Waals surface area contributed by atoms with Crippen molar-refractivity contribution in [2.45, 2.75) is 78.0 Å². The highest BCUT2D eigenvalue weighted by Gasteiger charge is 2.39. The maximum Gasteiger partial charge on any atom is 0.241 e. The molecule has 0 saturated carbocycles. The highest BCUT2D eigenvalue weighted by atomic mass is 16.2. The summed E-state index contributed by atoms with van der Waals surface area (Å²) in [4.78, 5) is 14.3. The molecule has 94 valence electrons. The Morgan fingerprint density at radius 2 is 2.00 bits per heavy atom. The molecule has 0 radical (unpaired) electrons. The van der Waals surface area contributed by atoms with E-state index in [0.717, 1.165) is 32.1 Å². The lowest BCUT2D eigenvalue weighted by atomic mass is 10.1. The normalized spacial score (nSPS) is 27.5. The number of rotatable bonds is 6. The predicted molar refractivity (Wildman–Crippen MR) is 67.1 cm³/mol. The van der Waals surface area contributed by atoms with Crippen molar-refractivity contribution >= 4 is 5.91 Å². The van der Waals surface area contributed by atoms with Crippen LogP contribution >= 0.6 is 0 Å². The van der Waals surface area contributed by atoms with Gasteiger partial charge in [-0.3, -0.25) is 10.1 Å². The summed E-state index contributed by atoms with van der Waals surface area (Å²) < 4.78 is 0. The summed E-state index contributed by atoms with van der Waals surface area (Å²) in [6, 6.07) is 0.425. The van der Waals surface area contributed by atoms with Crippen LogP contribution in [0.1, 0.15) is 59.8 Å². The van der Waals surface area contributed by atoms with E-state index in [2.05, 4.69) is 37.9 Å². The third-order valence-electron chi connectivity index (χ3n) is 3.43. The number of carbonyl (C=O) groups excluding carboxylic acids is 1. The van der Waals surface area contributed by atoms with E-state index < -0.39 is 0 Å². The molecule has 1 aliphatic rings. The van der Waals surface area contributed by atoms with Gasteiger partial charge in [0.2, 0.25) is 5.91 Å². The van der Waals surface area contributed by atoms with Gasteiger partial charge < -0.3 is 4.90 Å². The van der Waals surface area contributed by atoms with Crippen LogP contribution in [0.3, 0.4) is 0 Å². The van der Waals surface area contributed by atoms with E-state index in [1.165, 1.54) is 0 Å². The smallest absolute Gasteiger partial charge is 0.241 e. The molecule has 1 rings (SSSR count). The minimum absolute atomic E-state index is 0.0517. The van der Waals surface area contributed by atoms with Gasteiger partial charge in [0, 0.05) is 6.04 Å². The molecule has 3 nitrogen and oxygen atoms in total. The third kappa shape index (κ3) is 2.76. The lowest BCUT2D eigenvalue weighted by molar-refractivity contribution is -0.132. The minimum Gasteiger partial charge on any atom is -0.323 e. The number of hydrogen-bond acceptors (Lipinski definition) is 2. The van der Waals surface area contributed by atoms with Crippen LogP contribution in [0.4, 0.5) is 0 Å². The quantitative estimate of drug-likeness (QED) is 0.754. The molecular formula is C13H26N2O. The number of nitrogens with zero attached hydrogens (tertiary/aromatic N) is 1. The molecule has 3 heteroatoms. The largest absolute Gasteiger partial charge is 0.323 e. The van der Waals surface area contributed by atoms with Crippen molar-refractivity contribution in [1.82, 2.24) is 10.2 Å². The van der Waals surface area contributed by atoms with Gasteiger partial charge in [-0.2, -0.15) is 0 Å². The predicted octanol–water partition coefficient (Wildman–Crippen LogP) is 2.51. The summed E-state index contributed by atoms with van der Waals surface area (Å²) in [6.45, 7) is 8.60. The Morgan fingerprint density at radius 1 is 1.31 bits per heavy atom. The maximum atomic E-state index is 12.2. The number of amides is 1. The Hall–Kier alpha value is -0.570. The monoisotopic (exact) mass is 226 g/mol. The molecule has 0 aliphatic carbocycles. The molecule has 3 atom stereocenters. The van der Waals surface area contributed by atoms with Crippen LogP contribution in [0.2, 0.25) is 0 Å². The van der Waals surface area contributed by atoms with E-state index >= 15 is 0 Å². The highest BCUT2D eigenvalue weighted by Crippen LogP contribution is 2.21. The molecule has 0 spiro atoms. The second-order valence-corrected chi connectivity index (χ2v) is 4.82. The van der Waals surface area contributed by atoms with E-state index in [-0.39, 0.29) is 12.2 Å². The van der Waals surface area contributed by atoms with Crippen LogP contribution in [-0.4, -0.2) is 29.1 Å². The lowest BCUT2D eigenvalue weighted by Gasteiger charge is -2.30. The molecule has 1 N–H and O–H groups in total. The zero-order valence-electron chi connectivity index (χ0n) is 11.1. The molecule has 1 fully saturated rings. The van der Waals surface area contributed by atoms with Crippen LogP contribution in [0.5, 0.6) is 0 Å². The fraction of sp³-hybridized carbons (Fsp3) is 0.923. The van der Waals surface area contributed by atoms with Crippen LogP contribution in [-0.2, 0) is 4.79 Å². The van der Waals surface area contributed by atoms with Crippen LogP contribution in [0.25, 0.3) is 0 Å². The first kappa shape index (κ1) is 13.5. The van der Waals surface area contributed by atoms with Gasteiger partial charge in [-0.25, -0.2) is 0 Å². The van der Waals surface area contributed by atoms with Crippen molar-refractivity contribution in [2.24, 2.45) is 0 Å². The van der Waals surface area contributed by atoms with Gasteiger partial charge in [0.15, 0.2) is 0 Å². The van der Waals surface area contributed by atoms with Crippen molar-refractivity contribution in [3.8, 4) is 0 Å². The third-order valence-corrected chi connectivity index (χ3v) is 3.43. The fourth-order valence-electron chi connectivity index (χ4n) is 2.59. The van der Waals surface area contributed by atoms with Gasteiger partial charge in [0.1, 0.15) is 0 Å². The van der Waals surface area contributed by atoms with Crippen molar-refractivity contribution in [1.29, 1.82) is 0 Å². The Labute approximate surface area is 99.6 Å². The summed E-state index contributed by atoms with van der Waals surface area (Å²) >= 11 is 0. The van der Waals surface area contributed by atoms with Crippen molar-refractivity contribution in [3.63, 3.8) is 0 Å². The molecule has 3 unspecified atom stereocenters. The van der Waals surface area contributed by atoms with E-state index in [9.17, 15) is 4.79 Å². The fourth-order valence-corrected chi connectivity index (χ4v) is 2.59. The molecule has 1 saturated heterocycles. The van der Waals surface area contributed by atoms with Crippen molar-refractivity contribution in [3.05, 3.63) is 0 Å². The van der Waals surface area contributed by atoms with Gasteiger partial charge in [-0.15, -0.1) is 0 Å². The average Bonchev–Trinajstić information content (AvgIpc) is 2.56. The first-order chi connectivity index (χ1) is 7.65. The van der Waals surface area contributed by atoms with E-state index in [0.29, 0.717) is 11.9 Å². The Kier molecular flexibility index (Phi) is 5.26. The molecule has 1 amide bonds. The van der Waals surface area contributed by atoms with Gasteiger partial charge in [-0.1, -0.05) is 33.6 Å². The van der Waals surface area contributed by atoms with Gasteiger partial charge in [0.05, 0.1) is 12.2 Å². The summed E-state index contributed by atoms with van der Waals surface area (Å²) in [6.07, 6.45) is 5.59. The number of carbonyl (C=O) groups is 1. The topological polar surface area (TPSA) is 32.3 Å². The van der Waals surface area contributed by atoms with E-state index in [1.807, 2.05) is 0 Å². The summed E-state index contributed by atoms with van der Waals surface area (Å²) in [5, 5.41) is 3.46. The second-order valence-electron chi connectivity index (χ2n) is 4.82. The van der Waals surface area contributed by atoms with Gasteiger partial charge in [0.25, 0.3) is 0 Å². The van der Waals surface area contributed by atoms with Crippen LogP contribution in [0.15, 0.2) is 0 Å². The number of hydrogen-bond donors (Lipinski definition) is 1. The molecule has 1 heterocycles. The first-order valence-corrected chi connectivity index (χ1v) is 6.73. The van der Waals surface area contributed by atoms with Gasteiger partial charge >= 0.3 is 0 Å².